The average Bonchev–Trinajstić information content (AvgIpc) is 2.44. The first-order valence-electron chi connectivity index (χ1n) is 5.57. The second-order valence-corrected chi connectivity index (χ2v) is 5.04. The van der Waals surface area contributed by atoms with Crippen molar-refractivity contribution in [2.75, 3.05) is 33.7 Å². The number of likely N-dealkylation sites (tertiary alicyclic amines) is 1. The summed E-state index contributed by atoms with van der Waals surface area (Å²) in [5.74, 6) is 0. The van der Waals surface area contributed by atoms with Crippen molar-refractivity contribution in [1.82, 2.24) is 9.80 Å². The van der Waals surface area contributed by atoms with E-state index in [1.54, 1.807) is 0 Å². The van der Waals surface area contributed by atoms with Gasteiger partial charge in [0.05, 0.1) is 0 Å². The van der Waals surface area contributed by atoms with Crippen LogP contribution in [0.3, 0.4) is 0 Å². The fraction of sp³-hybridized carbons (Fsp3) is 1.00. The maximum Gasteiger partial charge on any atom is 0.0170 e. The summed E-state index contributed by atoms with van der Waals surface area (Å²) in [7, 11) is 4.48. The summed E-state index contributed by atoms with van der Waals surface area (Å²) in [5, 5.41) is 0. The van der Waals surface area contributed by atoms with Gasteiger partial charge in [-0.05, 0) is 33.5 Å². The zero-order valence-electron chi connectivity index (χ0n) is 9.21. The third kappa shape index (κ3) is 1.40. The van der Waals surface area contributed by atoms with Gasteiger partial charge in [-0.1, -0.05) is 13.3 Å². The first-order valence-corrected chi connectivity index (χ1v) is 5.57. The molecule has 1 spiro atoms. The standard InChI is InChI=1S/C11H22N2/c1-4-13-8-11(9-13)7-5-6-10(11)12(2)3/h10H,4-9H2,1-3H3. The molecule has 1 aliphatic heterocycles. The third-order valence-corrected chi connectivity index (χ3v) is 4.01. The highest BCUT2D eigenvalue weighted by atomic mass is 15.2. The minimum atomic E-state index is 0.680. The van der Waals surface area contributed by atoms with Gasteiger partial charge in [0.2, 0.25) is 0 Å². The largest absolute Gasteiger partial charge is 0.306 e. The summed E-state index contributed by atoms with van der Waals surface area (Å²) >= 11 is 0. The van der Waals surface area contributed by atoms with E-state index in [1.165, 1.54) is 38.9 Å². The van der Waals surface area contributed by atoms with Crippen LogP contribution < -0.4 is 0 Å². The number of nitrogens with zero attached hydrogens (tertiary/aromatic N) is 2. The van der Waals surface area contributed by atoms with Gasteiger partial charge in [0.15, 0.2) is 0 Å². The Morgan fingerprint density at radius 1 is 1.38 bits per heavy atom. The molecular formula is C11H22N2. The van der Waals surface area contributed by atoms with Gasteiger partial charge in [-0.2, -0.15) is 0 Å². The van der Waals surface area contributed by atoms with Crippen LogP contribution in [0.4, 0.5) is 0 Å². The maximum atomic E-state index is 2.57. The van der Waals surface area contributed by atoms with Crippen LogP contribution in [0.5, 0.6) is 0 Å². The molecule has 1 saturated heterocycles. The zero-order valence-corrected chi connectivity index (χ0v) is 9.21. The molecule has 2 fully saturated rings. The molecule has 2 heteroatoms. The summed E-state index contributed by atoms with van der Waals surface area (Å²) in [5.41, 5.74) is 0.680. The lowest BCUT2D eigenvalue weighted by molar-refractivity contribution is -0.0369. The lowest BCUT2D eigenvalue weighted by Gasteiger charge is -2.53. The second kappa shape index (κ2) is 3.25. The van der Waals surface area contributed by atoms with Crippen molar-refractivity contribution in [3.8, 4) is 0 Å². The van der Waals surface area contributed by atoms with Crippen molar-refractivity contribution in [3.05, 3.63) is 0 Å². The Bertz CT molecular complexity index is 183. The van der Waals surface area contributed by atoms with E-state index in [0.29, 0.717) is 5.41 Å². The molecule has 1 saturated carbocycles. The first-order chi connectivity index (χ1) is 6.18. The number of hydrogen-bond acceptors (Lipinski definition) is 2. The highest BCUT2D eigenvalue weighted by Gasteiger charge is 2.51. The van der Waals surface area contributed by atoms with Crippen molar-refractivity contribution < 1.29 is 0 Å². The fourth-order valence-electron chi connectivity index (χ4n) is 3.36. The van der Waals surface area contributed by atoms with Gasteiger partial charge in [-0.25, -0.2) is 0 Å². The average molecular weight is 182 g/mol. The molecule has 0 aromatic rings. The molecule has 2 rings (SSSR count). The Morgan fingerprint density at radius 3 is 2.62 bits per heavy atom. The first kappa shape index (κ1) is 9.47. The molecule has 0 radical (unpaired) electrons. The van der Waals surface area contributed by atoms with Crippen molar-refractivity contribution in [2.24, 2.45) is 5.41 Å². The third-order valence-electron chi connectivity index (χ3n) is 4.01. The highest BCUT2D eigenvalue weighted by Crippen LogP contribution is 2.47. The minimum absolute atomic E-state index is 0.680. The van der Waals surface area contributed by atoms with Crippen LogP contribution in [0, 0.1) is 5.41 Å². The molecule has 0 aromatic heterocycles. The van der Waals surface area contributed by atoms with Gasteiger partial charge in [0, 0.05) is 24.5 Å². The molecule has 1 atom stereocenters. The number of hydrogen-bond donors (Lipinski definition) is 0. The van der Waals surface area contributed by atoms with Crippen LogP contribution in [-0.4, -0.2) is 49.6 Å². The van der Waals surface area contributed by atoms with E-state index in [1.807, 2.05) is 0 Å². The summed E-state index contributed by atoms with van der Waals surface area (Å²) in [6, 6.07) is 0.857. The molecule has 76 valence electrons. The molecule has 1 aliphatic carbocycles. The molecule has 0 N–H and O–H groups in total. The van der Waals surface area contributed by atoms with E-state index in [0.717, 1.165) is 6.04 Å². The second-order valence-electron chi connectivity index (χ2n) is 5.04. The van der Waals surface area contributed by atoms with Crippen LogP contribution >= 0.6 is 0 Å². The van der Waals surface area contributed by atoms with Crippen LogP contribution in [0.15, 0.2) is 0 Å². The Balaban J connectivity index is 1.99. The van der Waals surface area contributed by atoms with E-state index in [9.17, 15) is 0 Å². The molecule has 0 aromatic carbocycles. The Kier molecular flexibility index (Phi) is 2.37. The van der Waals surface area contributed by atoms with E-state index in [4.69, 9.17) is 0 Å². The lowest BCUT2D eigenvalue weighted by Crippen LogP contribution is -2.62. The molecule has 0 amide bonds. The monoisotopic (exact) mass is 182 g/mol. The number of rotatable bonds is 2. The molecule has 2 aliphatic rings. The fourth-order valence-corrected chi connectivity index (χ4v) is 3.36. The molecule has 1 unspecified atom stereocenters. The lowest BCUT2D eigenvalue weighted by atomic mass is 9.74. The van der Waals surface area contributed by atoms with E-state index < -0.39 is 0 Å². The quantitative estimate of drug-likeness (QED) is 0.637. The van der Waals surface area contributed by atoms with E-state index in [2.05, 4.69) is 30.8 Å². The van der Waals surface area contributed by atoms with Crippen molar-refractivity contribution in [3.63, 3.8) is 0 Å². The summed E-state index contributed by atoms with van der Waals surface area (Å²) < 4.78 is 0. The summed E-state index contributed by atoms with van der Waals surface area (Å²) in [6.45, 7) is 6.22. The normalized spacial score (nSPS) is 32.8. The zero-order chi connectivity index (χ0) is 9.47. The predicted molar refractivity (Wildman–Crippen MR) is 55.9 cm³/mol. The van der Waals surface area contributed by atoms with Crippen molar-refractivity contribution in [2.45, 2.75) is 32.2 Å². The topological polar surface area (TPSA) is 6.48 Å². The van der Waals surface area contributed by atoms with Crippen molar-refractivity contribution >= 4 is 0 Å². The summed E-state index contributed by atoms with van der Waals surface area (Å²) in [6.07, 6.45) is 4.33. The van der Waals surface area contributed by atoms with Gasteiger partial charge in [0.1, 0.15) is 0 Å². The van der Waals surface area contributed by atoms with Crippen molar-refractivity contribution in [1.29, 1.82) is 0 Å². The highest BCUT2D eigenvalue weighted by molar-refractivity contribution is 5.05. The Hall–Kier alpha value is -0.0800. The molecular weight excluding hydrogens is 160 g/mol. The van der Waals surface area contributed by atoms with Gasteiger partial charge >= 0.3 is 0 Å². The van der Waals surface area contributed by atoms with Crippen LogP contribution in [-0.2, 0) is 0 Å². The maximum absolute atomic E-state index is 2.57. The minimum Gasteiger partial charge on any atom is -0.306 e. The van der Waals surface area contributed by atoms with Crippen LogP contribution in [0.1, 0.15) is 26.2 Å². The van der Waals surface area contributed by atoms with E-state index in [-0.39, 0.29) is 0 Å². The van der Waals surface area contributed by atoms with Gasteiger partial charge in [0.25, 0.3) is 0 Å². The van der Waals surface area contributed by atoms with Gasteiger partial charge in [-0.3, -0.25) is 0 Å². The SMILES string of the molecule is CCN1CC2(CCCC2N(C)C)C1. The Labute approximate surface area is 81.9 Å². The smallest absolute Gasteiger partial charge is 0.0170 e. The Morgan fingerprint density at radius 2 is 2.08 bits per heavy atom. The van der Waals surface area contributed by atoms with Crippen LogP contribution in [0.25, 0.3) is 0 Å². The molecule has 2 nitrogen and oxygen atoms in total. The van der Waals surface area contributed by atoms with Gasteiger partial charge in [-0.15, -0.1) is 0 Å². The summed E-state index contributed by atoms with van der Waals surface area (Å²) in [4.78, 5) is 5.02. The van der Waals surface area contributed by atoms with Crippen LogP contribution in [0.2, 0.25) is 0 Å². The molecule has 13 heavy (non-hydrogen) atoms. The molecule has 0 bridgehead atoms. The van der Waals surface area contributed by atoms with Gasteiger partial charge < -0.3 is 9.80 Å². The predicted octanol–water partition coefficient (Wildman–Crippen LogP) is 1.42. The molecule has 1 heterocycles. The van der Waals surface area contributed by atoms with E-state index >= 15 is 0 Å².